The summed E-state index contributed by atoms with van der Waals surface area (Å²) >= 11 is 0. The molecule has 2 N–H and O–H groups in total. The molecule has 0 radical (unpaired) electrons. The molecule has 0 aromatic rings. The molecule has 1 fully saturated rings. The Hall–Kier alpha value is -1.10. The summed E-state index contributed by atoms with van der Waals surface area (Å²) in [7, 11) is 0. The van der Waals surface area contributed by atoms with Gasteiger partial charge in [-0.2, -0.15) is 0 Å². The SMILES string of the molecule is CCCC(CCC)C(=O)NC1CC(N(CC)CC(=O)O)C1. The van der Waals surface area contributed by atoms with Crippen molar-refractivity contribution in [1.82, 2.24) is 10.2 Å². The fourth-order valence-corrected chi connectivity index (χ4v) is 3.10. The quantitative estimate of drug-likeness (QED) is 0.649. The van der Waals surface area contributed by atoms with E-state index in [1.807, 2.05) is 11.8 Å². The molecule has 1 amide bonds. The Morgan fingerprint density at radius 3 is 2.19 bits per heavy atom. The second-order valence-electron chi connectivity index (χ2n) is 6.06. The van der Waals surface area contributed by atoms with Gasteiger partial charge in [0.05, 0.1) is 6.54 Å². The van der Waals surface area contributed by atoms with Crippen LogP contribution in [0.15, 0.2) is 0 Å². The zero-order valence-corrected chi connectivity index (χ0v) is 13.6. The molecule has 1 aliphatic carbocycles. The van der Waals surface area contributed by atoms with E-state index in [0.717, 1.165) is 45.1 Å². The molecule has 0 atom stereocenters. The molecule has 122 valence electrons. The Bertz CT molecular complexity index is 334. The lowest BCUT2D eigenvalue weighted by atomic mass is 9.84. The molecule has 0 spiro atoms. The van der Waals surface area contributed by atoms with Crippen LogP contribution in [0, 0.1) is 5.92 Å². The van der Waals surface area contributed by atoms with E-state index in [-0.39, 0.29) is 24.4 Å². The van der Waals surface area contributed by atoms with Gasteiger partial charge in [-0.25, -0.2) is 0 Å². The average Bonchev–Trinajstić information content (AvgIpc) is 2.39. The fraction of sp³-hybridized carbons (Fsp3) is 0.875. The highest BCUT2D eigenvalue weighted by molar-refractivity contribution is 5.79. The molecule has 0 unspecified atom stereocenters. The van der Waals surface area contributed by atoms with Crippen LogP contribution in [0.25, 0.3) is 0 Å². The van der Waals surface area contributed by atoms with Gasteiger partial charge in [-0.3, -0.25) is 14.5 Å². The van der Waals surface area contributed by atoms with Crippen LogP contribution in [0.2, 0.25) is 0 Å². The van der Waals surface area contributed by atoms with Crippen molar-refractivity contribution in [2.75, 3.05) is 13.1 Å². The molecule has 0 saturated heterocycles. The van der Waals surface area contributed by atoms with Crippen molar-refractivity contribution in [2.45, 2.75) is 71.4 Å². The van der Waals surface area contributed by atoms with Crippen LogP contribution in [0.1, 0.15) is 59.3 Å². The maximum absolute atomic E-state index is 12.2. The Labute approximate surface area is 128 Å². The van der Waals surface area contributed by atoms with Crippen LogP contribution in [-0.2, 0) is 9.59 Å². The molecule has 1 aliphatic rings. The predicted molar refractivity (Wildman–Crippen MR) is 83.1 cm³/mol. The Kier molecular flexibility index (Phi) is 7.72. The van der Waals surface area contributed by atoms with Crippen LogP contribution in [0.3, 0.4) is 0 Å². The monoisotopic (exact) mass is 298 g/mol. The molecule has 1 rings (SSSR count). The van der Waals surface area contributed by atoms with E-state index >= 15 is 0 Å². The van der Waals surface area contributed by atoms with Gasteiger partial charge in [-0.1, -0.05) is 33.6 Å². The summed E-state index contributed by atoms with van der Waals surface area (Å²) < 4.78 is 0. The van der Waals surface area contributed by atoms with Crippen molar-refractivity contribution >= 4 is 11.9 Å². The zero-order chi connectivity index (χ0) is 15.8. The highest BCUT2D eigenvalue weighted by Gasteiger charge is 2.35. The first-order valence-corrected chi connectivity index (χ1v) is 8.27. The molecule has 5 heteroatoms. The second kappa shape index (κ2) is 9.03. The van der Waals surface area contributed by atoms with Gasteiger partial charge < -0.3 is 10.4 Å². The Morgan fingerprint density at radius 1 is 1.19 bits per heavy atom. The summed E-state index contributed by atoms with van der Waals surface area (Å²) in [5, 5.41) is 12.0. The van der Waals surface area contributed by atoms with E-state index in [0.29, 0.717) is 6.04 Å². The molecule has 0 aliphatic heterocycles. The number of carboxylic acids is 1. The minimum absolute atomic E-state index is 0.0934. The second-order valence-corrected chi connectivity index (χ2v) is 6.06. The third-order valence-electron chi connectivity index (χ3n) is 4.37. The first-order valence-electron chi connectivity index (χ1n) is 8.27. The highest BCUT2D eigenvalue weighted by atomic mass is 16.4. The van der Waals surface area contributed by atoms with E-state index in [4.69, 9.17) is 5.11 Å². The summed E-state index contributed by atoms with van der Waals surface area (Å²) in [4.78, 5) is 25.0. The number of aliphatic carboxylic acids is 1. The fourth-order valence-electron chi connectivity index (χ4n) is 3.10. The number of amides is 1. The Morgan fingerprint density at radius 2 is 1.76 bits per heavy atom. The van der Waals surface area contributed by atoms with Gasteiger partial charge in [0.2, 0.25) is 5.91 Å². The number of hydrogen-bond donors (Lipinski definition) is 2. The maximum atomic E-state index is 12.2. The van der Waals surface area contributed by atoms with Crippen molar-refractivity contribution in [2.24, 2.45) is 5.92 Å². The van der Waals surface area contributed by atoms with E-state index in [1.54, 1.807) is 0 Å². The zero-order valence-electron chi connectivity index (χ0n) is 13.6. The first-order chi connectivity index (χ1) is 10.0. The average molecular weight is 298 g/mol. The molecule has 1 saturated carbocycles. The van der Waals surface area contributed by atoms with Crippen molar-refractivity contribution in [3.05, 3.63) is 0 Å². The van der Waals surface area contributed by atoms with E-state index < -0.39 is 5.97 Å². The van der Waals surface area contributed by atoms with E-state index in [9.17, 15) is 9.59 Å². The minimum Gasteiger partial charge on any atom is -0.480 e. The number of carboxylic acid groups (broad SMARTS) is 1. The van der Waals surface area contributed by atoms with Crippen LogP contribution >= 0.6 is 0 Å². The van der Waals surface area contributed by atoms with Gasteiger partial charge >= 0.3 is 5.97 Å². The lowest BCUT2D eigenvalue weighted by molar-refractivity contribution is -0.140. The van der Waals surface area contributed by atoms with Crippen LogP contribution in [-0.4, -0.2) is 47.1 Å². The number of carbonyl (C=O) groups excluding carboxylic acids is 1. The molecule has 0 heterocycles. The van der Waals surface area contributed by atoms with Gasteiger partial charge in [0.15, 0.2) is 0 Å². The number of carbonyl (C=O) groups is 2. The molecule has 21 heavy (non-hydrogen) atoms. The molecule has 0 aromatic heterocycles. The maximum Gasteiger partial charge on any atom is 0.317 e. The summed E-state index contributed by atoms with van der Waals surface area (Å²) in [6.07, 6.45) is 5.72. The smallest absolute Gasteiger partial charge is 0.317 e. The molecular weight excluding hydrogens is 268 g/mol. The summed E-state index contributed by atoms with van der Waals surface area (Å²) in [5.41, 5.74) is 0. The largest absolute Gasteiger partial charge is 0.480 e. The molecular formula is C16H30N2O3. The first kappa shape index (κ1) is 18.0. The summed E-state index contributed by atoms with van der Waals surface area (Å²) in [5.74, 6) is -0.459. The lowest BCUT2D eigenvalue weighted by Gasteiger charge is -2.42. The minimum atomic E-state index is -0.782. The highest BCUT2D eigenvalue weighted by Crippen LogP contribution is 2.26. The van der Waals surface area contributed by atoms with Crippen LogP contribution in [0.4, 0.5) is 0 Å². The third kappa shape index (κ3) is 5.65. The summed E-state index contributed by atoms with van der Waals surface area (Å²) in [6.45, 7) is 7.04. The number of rotatable bonds is 10. The van der Waals surface area contributed by atoms with Gasteiger partial charge in [0.25, 0.3) is 0 Å². The lowest BCUT2D eigenvalue weighted by Crippen LogP contribution is -2.55. The van der Waals surface area contributed by atoms with E-state index in [1.165, 1.54) is 0 Å². The molecule has 0 bridgehead atoms. The van der Waals surface area contributed by atoms with Crippen molar-refractivity contribution in [3.63, 3.8) is 0 Å². The van der Waals surface area contributed by atoms with Crippen molar-refractivity contribution < 1.29 is 14.7 Å². The Balaban J connectivity index is 2.35. The van der Waals surface area contributed by atoms with E-state index in [2.05, 4.69) is 19.2 Å². The van der Waals surface area contributed by atoms with Gasteiger partial charge in [-0.15, -0.1) is 0 Å². The topological polar surface area (TPSA) is 69.6 Å². The standard InChI is InChI=1S/C16H30N2O3/c1-4-7-12(8-5-2)16(21)17-13-9-14(10-13)18(6-3)11-15(19)20/h12-14H,4-11H2,1-3H3,(H,17,21)(H,19,20). The number of nitrogens with one attached hydrogen (secondary N) is 1. The van der Waals surface area contributed by atoms with Crippen molar-refractivity contribution in [1.29, 1.82) is 0 Å². The normalized spacial score (nSPS) is 21.4. The third-order valence-corrected chi connectivity index (χ3v) is 4.37. The van der Waals surface area contributed by atoms with Crippen LogP contribution in [0.5, 0.6) is 0 Å². The number of likely N-dealkylation sites (N-methyl/N-ethyl adjacent to an activating group) is 1. The summed E-state index contributed by atoms with van der Waals surface area (Å²) in [6, 6.07) is 0.522. The molecule has 5 nitrogen and oxygen atoms in total. The number of hydrogen-bond acceptors (Lipinski definition) is 3. The van der Waals surface area contributed by atoms with Gasteiger partial charge in [0.1, 0.15) is 0 Å². The van der Waals surface area contributed by atoms with Crippen molar-refractivity contribution in [3.8, 4) is 0 Å². The number of nitrogens with zero attached hydrogens (tertiary/aromatic N) is 1. The van der Waals surface area contributed by atoms with Gasteiger partial charge in [-0.05, 0) is 32.2 Å². The molecule has 0 aromatic carbocycles. The predicted octanol–water partition coefficient (Wildman–Crippen LogP) is 2.26. The van der Waals surface area contributed by atoms with Gasteiger partial charge in [0, 0.05) is 18.0 Å². The van der Waals surface area contributed by atoms with Crippen LogP contribution < -0.4 is 5.32 Å².